The summed E-state index contributed by atoms with van der Waals surface area (Å²) in [7, 11) is 1.65. The second-order valence-corrected chi connectivity index (χ2v) is 6.50. The number of rotatable bonds is 4. The standard InChI is InChI=1S/C17H14ClN3O2S/c1-21-16(23)13-7-2-3-8-14(13)20-17(21)24-10-15(22)19-12-6-4-5-11(18)9-12/h2-9H,10H2,1H3,(H,19,22). The maximum atomic E-state index is 12.3. The number of nitrogens with zero attached hydrogens (tertiary/aromatic N) is 2. The van der Waals surface area contributed by atoms with Gasteiger partial charge in [-0.2, -0.15) is 0 Å². The van der Waals surface area contributed by atoms with Gasteiger partial charge in [-0.25, -0.2) is 4.98 Å². The summed E-state index contributed by atoms with van der Waals surface area (Å²) in [5, 5.41) is 4.38. The van der Waals surface area contributed by atoms with Crippen LogP contribution in [0.3, 0.4) is 0 Å². The summed E-state index contributed by atoms with van der Waals surface area (Å²) in [5.74, 6) is -0.0461. The van der Waals surface area contributed by atoms with Crippen LogP contribution < -0.4 is 10.9 Å². The Morgan fingerprint density at radius 2 is 2.04 bits per heavy atom. The molecule has 0 radical (unpaired) electrons. The quantitative estimate of drug-likeness (QED) is 0.573. The number of anilines is 1. The van der Waals surface area contributed by atoms with Crippen LogP contribution in [-0.4, -0.2) is 21.2 Å². The van der Waals surface area contributed by atoms with E-state index in [0.29, 0.717) is 26.8 Å². The number of aromatic nitrogens is 2. The summed E-state index contributed by atoms with van der Waals surface area (Å²) >= 11 is 7.10. The van der Waals surface area contributed by atoms with Crippen molar-refractivity contribution < 1.29 is 4.79 Å². The van der Waals surface area contributed by atoms with Gasteiger partial charge in [-0.15, -0.1) is 0 Å². The Morgan fingerprint density at radius 1 is 1.25 bits per heavy atom. The number of amides is 1. The average molecular weight is 360 g/mol. The minimum absolute atomic E-state index is 0.127. The number of hydrogen-bond donors (Lipinski definition) is 1. The summed E-state index contributed by atoms with van der Waals surface area (Å²) < 4.78 is 1.46. The molecule has 0 atom stereocenters. The predicted octanol–water partition coefficient (Wildman–Crippen LogP) is 3.32. The number of benzene rings is 2. The second kappa shape index (κ2) is 7.07. The highest BCUT2D eigenvalue weighted by Gasteiger charge is 2.11. The van der Waals surface area contributed by atoms with Gasteiger partial charge in [0.05, 0.1) is 16.7 Å². The van der Waals surface area contributed by atoms with Gasteiger partial charge >= 0.3 is 0 Å². The van der Waals surface area contributed by atoms with E-state index in [-0.39, 0.29) is 17.2 Å². The molecular weight excluding hydrogens is 346 g/mol. The number of carbonyl (C=O) groups excluding carboxylic acids is 1. The minimum atomic E-state index is -0.190. The van der Waals surface area contributed by atoms with Crippen LogP contribution in [0.4, 0.5) is 5.69 Å². The molecule has 0 saturated carbocycles. The predicted molar refractivity (Wildman–Crippen MR) is 97.8 cm³/mol. The minimum Gasteiger partial charge on any atom is -0.325 e. The third-order valence-corrected chi connectivity index (χ3v) is 4.65. The summed E-state index contributed by atoms with van der Waals surface area (Å²) in [6, 6.07) is 14.1. The van der Waals surface area contributed by atoms with Crippen LogP contribution in [0.15, 0.2) is 58.5 Å². The molecule has 122 valence electrons. The molecule has 24 heavy (non-hydrogen) atoms. The Labute approximate surface area is 147 Å². The lowest BCUT2D eigenvalue weighted by Gasteiger charge is -2.09. The van der Waals surface area contributed by atoms with E-state index in [1.54, 1.807) is 49.5 Å². The largest absolute Gasteiger partial charge is 0.325 e. The zero-order valence-corrected chi connectivity index (χ0v) is 14.4. The number of carbonyl (C=O) groups is 1. The monoisotopic (exact) mass is 359 g/mol. The Bertz CT molecular complexity index is 971. The number of fused-ring (bicyclic) bond motifs is 1. The van der Waals surface area contributed by atoms with Crippen molar-refractivity contribution in [1.82, 2.24) is 9.55 Å². The molecule has 3 aromatic rings. The molecule has 0 spiro atoms. The van der Waals surface area contributed by atoms with Crippen molar-refractivity contribution in [2.24, 2.45) is 7.05 Å². The molecule has 0 fully saturated rings. The number of para-hydroxylation sites is 1. The van der Waals surface area contributed by atoms with Gasteiger partial charge in [-0.05, 0) is 30.3 Å². The molecule has 0 aliphatic heterocycles. The van der Waals surface area contributed by atoms with Crippen LogP contribution in [-0.2, 0) is 11.8 Å². The highest BCUT2D eigenvalue weighted by molar-refractivity contribution is 7.99. The van der Waals surface area contributed by atoms with Gasteiger partial charge in [0.15, 0.2) is 5.16 Å². The molecule has 5 nitrogen and oxygen atoms in total. The average Bonchev–Trinajstić information content (AvgIpc) is 2.57. The molecule has 7 heteroatoms. The van der Waals surface area contributed by atoms with Crippen LogP contribution >= 0.6 is 23.4 Å². The zero-order chi connectivity index (χ0) is 17.1. The summed E-state index contributed by atoms with van der Waals surface area (Å²) in [6.45, 7) is 0. The summed E-state index contributed by atoms with van der Waals surface area (Å²) in [6.07, 6.45) is 0. The van der Waals surface area contributed by atoms with E-state index in [1.165, 1.54) is 16.3 Å². The number of halogens is 1. The highest BCUT2D eigenvalue weighted by Crippen LogP contribution is 2.18. The summed E-state index contributed by atoms with van der Waals surface area (Å²) in [5.41, 5.74) is 1.13. The van der Waals surface area contributed by atoms with Gasteiger partial charge in [-0.1, -0.05) is 41.6 Å². The topological polar surface area (TPSA) is 64.0 Å². The van der Waals surface area contributed by atoms with E-state index in [2.05, 4.69) is 10.3 Å². The van der Waals surface area contributed by atoms with Crippen molar-refractivity contribution in [1.29, 1.82) is 0 Å². The van der Waals surface area contributed by atoms with E-state index >= 15 is 0 Å². The molecule has 1 amide bonds. The lowest BCUT2D eigenvalue weighted by atomic mass is 10.2. The highest BCUT2D eigenvalue weighted by atomic mass is 35.5. The number of hydrogen-bond acceptors (Lipinski definition) is 4. The van der Waals surface area contributed by atoms with E-state index < -0.39 is 0 Å². The van der Waals surface area contributed by atoms with Crippen LogP contribution in [0.25, 0.3) is 10.9 Å². The van der Waals surface area contributed by atoms with Gasteiger partial charge in [0.25, 0.3) is 5.56 Å². The molecule has 1 aromatic heterocycles. The molecular formula is C17H14ClN3O2S. The molecule has 1 heterocycles. The molecule has 2 aromatic carbocycles. The van der Waals surface area contributed by atoms with Crippen molar-refractivity contribution in [3.8, 4) is 0 Å². The fourth-order valence-electron chi connectivity index (χ4n) is 2.22. The van der Waals surface area contributed by atoms with Gasteiger partial charge in [0.1, 0.15) is 0 Å². The molecule has 1 N–H and O–H groups in total. The van der Waals surface area contributed by atoms with Crippen molar-refractivity contribution >= 4 is 45.9 Å². The first-order valence-corrected chi connectivity index (χ1v) is 8.55. The number of nitrogens with one attached hydrogen (secondary N) is 1. The van der Waals surface area contributed by atoms with Crippen LogP contribution in [0.2, 0.25) is 5.02 Å². The molecule has 0 bridgehead atoms. The van der Waals surface area contributed by atoms with E-state index in [1.807, 2.05) is 6.07 Å². The Hall–Kier alpha value is -2.31. The van der Waals surface area contributed by atoms with Gasteiger partial charge in [0.2, 0.25) is 5.91 Å². The fourth-order valence-corrected chi connectivity index (χ4v) is 3.18. The number of thioether (sulfide) groups is 1. The third kappa shape index (κ3) is 3.60. The molecule has 3 rings (SSSR count). The maximum absolute atomic E-state index is 12.3. The van der Waals surface area contributed by atoms with E-state index in [4.69, 9.17) is 11.6 Å². The van der Waals surface area contributed by atoms with Crippen LogP contribution in [0.1, 0.15) is 0 Å². The Kier molecular flexibility index (Phi) is 4.87. The SMILES string of the molecule is Cn1c(SCC(=O)Nc2cccc(Cl)c2)nc2ccccc2c1=O. The Balaban J connectivity index is 1.75. The van der Waals surface area contributed by atoms with Gasteiger partial charge in [-0.3, -0.25) is 14.2 Å². The molecule has 0 unspecified atom stereocenters. The van der Waals surface area contributed by atoms with Crippen LogP contribution in [0, 0.1) is 0 Å². The Morgan fingerprint density at radius 3 is 2.83 bits per heavy atom. The first-order valence-electron chi connectivity index (χ1n) is 7.18. The zero-order valence-electron chi connectivity index (χ0n) is 12.8. The maximum Gasteiger partial charge on any atom is 0.261 e. The molecule has 0 aliphatic rings. The first kappa shape index (κ1) is 16.5. The van der Waals surface area contributed by atoms with E-state index in [9.17, 15) is 9.59 Å². The van der Waals surface area contributed by atoms with Crippen molar-refractivity contribution in [2.75, 3.05) is 11.1 Å². The molecule has 0 aliphatic carbocycles. The lowest BCUT2D eigenvalue weighted by Crippen LogP contribution is -2.21. The van der Waals surface area contributed by atoms with E-state index in [0.717, 1.165) is 0 Å². The van der Waals surface area contributed by atoms with Crippen molar-refractivity contribution in [3.05, 3.63) is 63.9 Å². The smallest absolute Gasteiger partial charge is 0.261 e. The normalized spacial score (nSPS) is 10.8. The van der Waals surface area contributed by atoms with Gasteiger partial charge < -0.3 is 5.32 Å². The molecule has 0 saturated heterocycles. The second-order valence-electron chi connectivity index (χ2n) is 5.12. The lowest BCUT2D eigenvalue weighted by molar-refractivity contribution is -0.113. The van der Waals surface area contributed by atoms with Crippen molar-refractivity contribution in [3.63, 3.8) is 0 Å². The fraction of sp³-hybridized carbons (Fsp3) is 0.118. The van der Waals surface area contributed by atoms with Gasteiger partial charge in [0, 0.05) is 17.8 Å². The third-order valence-electron chi connectivity index (χ3n) is 3.38. The van der Waals surface area contributed by atoms with Crippen molar-refractivity contribution in [2.45, 2.75) is 5.16 Å². The first-order chi connectivity index (χ1) is 11.5. The van der Waals surface area contributed by atoms with Crippen LogP contribution in [0.5, 0.6) is 0 Å². The summed E-state index contributed by atoms with van der Waals surface area (Å²) in [4.78, 5) is 28.8.